The Hall–Kier alpha value is -3.93. The van der Waals surface area contributed by atoms with Crippen molar-refractivity contribution in [3.63, 3.8) is 0 Å². The third-order valence-electron chi connectivity index (χ3n) is 4.04. The van der Waals surface area contributed by atoms with Gasteiger partial charge in [0.1, 0.15) is 17.4 Å². The number of nitrogens with zero attached hydrogens (tertiary/aromatic N) is 3. The van der Waals surface area contributed by atoms with Gasteiger partial charge in [0.05, 0.1) is 0 Å². The van der Waals surface area contributed by atoms with E-state index >= 15 is 0 Å². The molecule has 0 atom stereocenters. The largest absolute Gasteiger partial charge is 0.439 e. The highest BCUT2D eigenvalue weighted by molar-refractivity contribution is 6.04. The molecule has 0 saturated carbocycles. The number of hydrogen-bond acceptors (Lipinski definition) is 4. The third kappa shape index (κ3) is 4.07. The zero-order valence-electron chi connectivity index (χ0n) is 15.2. The highest BCUT2D eigenvalue weighted by Crippen LogP contribution is 2.23. The van der Waals surface area contributed by atoms with Gasteiger partial charge in [-0.15, -0.1) is 0 Å². The standard InChI is InChI=1S/C22H18N4O2/c1-16-23-20(26-13-5-6-14-26)15-21(24-16)28-19-11-9-18(10-12-19)25-22(27)17-7-3-2-4-8-17/h2-15H,1H3,(H,25,27). The Morgan fingerprint density at radius 2 is 1.64 bits per heavy atom. The number of amides is 1. The predicted molar refractivity (Wildman–Crippen MR) is 107 cm³/mol. The minimum Gasteiger partial charge on any atom is -0.439 e. The summed E-state index contributed by atoms with van der Waals surface area (Å²) in [5.41, 5.74) is 1.30. The zero-order chi connectivity index (χ0) is 19.3. The lowest BCUT2D eigenvalue weighted by Gasteiger charge is -2.10. The minimum atomic E-state index is -0.156. The number of carbonyl (C=O) groups excluding carboxylic acids is 1. The van der Waals surface area contributed by atoms with Gasteiger partial charge in [-0.3, -0.25) is 4.79 Å². The number of rotatable bonds is 5. The Balaban J connectivity index is 1.47. The summed E-state index contributed by atoms with van der Waals surface area (Å²) in [5.74, 6) is 2.27. The number of ether oxygens (including phenoxy) is 1. The van der Waals surface area contributed by atoms with E-state index in [4.69, 9.17) is 4.74 Å². The molecular weight excluding hydrogens is 352 g/mol. The lowest BCUT2D eigenvalue weighted by Crippen LogP contribution is -2.11. The molecule has 0 aliphatic heterocycles. The van der Waals surface area contributed by atoms with Gasteiger partial charge >= 0.3 is 0 Å². The maximum atomic E-state index is 12.2. The van der Waals surface area contributed by atoms with Crippen molar-refractivity contribution in [2.45, 2.75) is 6.92 Å². The minimum absolute atomic E-state index is 0.156. The molecule has 4 aromatic rings. The van der Waals surface area contributed by atoms with Gasteiger partial charge in [0.2, 0.25) is 5.88 Å². The SMILES string of the molecule is Cc1nc(Oc2ccc(NC(=O)c3ccccc3)cc2)cc(-n2cccc2)n1. The molecule has 28 heavy (non-hydrogen) atoms. The molecule has 0 radical (unpaired) electrons. The molecule has 0 saturated heterocycles. The van der Waals surface area contributed by atoms with Crippen LogP contribution < -0.4 is 10.1 Å². The fourth-order valence-electron chi connectivity index (χ4n) is 2.72. The quantitative estimate of drug-likeness (QED) is 0.556. The number of anilines is 1. The monoisotopic (exact) mass is 370 g/mol. The molecule has 0 aliphatic carbocycles. The first-order chi connectivity index (χ1) is 13.7. The van der Waals surface area contributed by atoms with Gasteiger partial charge in [-0.05, 0) is 55.5 Å². The summed E-state index contributed by atoms with van der Waals surface area (Å²) >= 11 is 0. The molecule has 1 N–H and O–H groups in total. The first-order valence-corrected chi connectivity index (χ1v) is 8.81. The number of aromatic nitrogens is 3. The van der Waals surface area contributed by atoms with Gasteiger partial charge < -0.3 is 14.6 Å². The van der Waals surface area contributed by atoms with Crippen LogP contribution in [-0.2, 0) is 0 Å². The highest BCUT2D eigenvalue weighted by Gasteiger charge is 2.07. The molecule has 2 heterocycles. The molecule has 0 aliphatic rings. The van der Waals surface area contributed by atoms with Gasteiger partial charge in [0, 0.05) is 29.7 Å². The molecule has 2 aromatic carbocycles. The normalized spacial score (nSPS) is 10.5. The van der Waals surface area contributed by atoms with Crippen LogP contribution in [0.25, 0.3) is 5.82 Å². The lowest BCUT2D eigenvalue weighted by molar-refractivity contribution is 0.102. The first-order valence-electron chi connectivity index (χ1n) is 8.81. The number of hydrogen-bond donors (Lipinski definition) is 1. The molecular formula is C22H18N4O2. The molecule has 0 spiro atoms. The fourth-order valence-corrected chi connectivity index (χ4v) is 2.72. The Morgan fingerprint density at radius 3 is 2.36 bits per heavy atom. The third-order valence-corrected chi connectivity index (χ3v) is 4.04. The van der Waals surface area contributed by atoms with Crippen LogP contribution in [0.4, 0.5) is 5.69 Å². The smallest absolute Gasteiger partial charge is 0.255 e. The van der Waals surface area contributed by atoms with E-state index < -0.39 is 0 Å². The van der Waals surface area contributed by atoms with Gasteiger partial charge in [0.15, 0.2) is 0 Å². The van der Waals surface area contributed by atoms with Crippen molar-refractivity contribution < 1.29 is 9.53 Å². The maximum absolute atomic E-state index is 12.2. The first kappa shape index (κ1) is 17.5. The lowest BCUT2D eigenvalue weighted by atomic mass is 10.2. The van der Waals surface area contributed by atoms with Crippen LogP contribution in [0.1, 0.15) is 16.2 Å². The van der Waals surface area contributed by atoms with E-state index in [9.17, 15) is 4.79 Å². The van der Waals surface area contributed by atoms with Crippen molar-refractivity contribution >= 4 is 11.6 Å². The van der Waals surface area contributed by atoms with E-state index in [0.29, 0.717) is 28.7 Å². The Morgan fingerprint density at radius 1 is 0.929 bits per heavy atom. The van der Waals surface area contributed by atoms with Crippen molar-refractivity contribution in [1.82, 2.24) is 14.5 Å². The second-order valence-electron chi connectivity index (χ2n) is 6.15. The zero-order valence-corrected chi connectivity index (χ0v) is 15.2. The Labute approximate surface area is 162 Å². The molecule has 4 rings (SSSR count). The second-order valence-corrected chi connectivity index (χ2v) is 6.15. The number of benzene rings is 2. The second kappa shape index (κ2) is 7.75. The van der Waals surface area contributed by atoms with Crippen LogP contribution >= 0.6 is 0 Å². The number of aryl methyl sites for hydroxylation is 1. The van der Waals surface area contributed by atoms with Gasteiger partial charge in [-0.25, -0.2) is 4.98 Å². The van der Waals surface area contributed by atoms with Crippen molar-refractivity contribution in [2.75, 3.05) is 5.32 Å². The number of carbonyl (C=O) groups is 1. The van der Waals surface area contributed by atoms with E-state index in [1.54, 1.807) is 42.5 Å². The van der Waals surface area contributed by atoms with Crippen LogP contribution in [0, 0.1) is 6.92 Å². The van der Waals surface area contributed by atoms with Crippen LogP contribution in [0.2, 0.25) is 0 Å². The van der Waals surface area contributed by atoms with Gasteiger partial charge in [0.25, 0.3) is 5.91 Å². The van der Waals surface area contributed by atoms with Crippen LogP contribution in [0.3, 0.4) is 0 Å². The highest BCUT2D eigenvalue weighted by atomic mass is 16.5. The predicted octanol–water partition coefficient (Wildman–Crippen LogP) is 4.62. The van der Waals surface area contributed by atoms with Crippen LogP contribution in [0.5, 0.6) is 11.6 Å². The van der Waals surface area contributed by atoms with E-state index in [0.717, 1.165) is 5.82 Å². The van der Waals surface area contributed by atoms with E-state index in [1.807, 2.05) is 54.2 Å². The van der Waals surface area contributed by atoms with Crippen molar-refractivity contribution in [1.29, 1.82) is 0 Å². The summed E-state index contributed by atoms with van der Waals surface area (Å²) in [4.78, 5) is 21.0. The van der Waals surface area contributed by atoms with Crippen LogP contribution in [-0.4, -0.2) is 20.4 Å². The summed E-state index contributed by atoms with van der Waals surface area (Å²) in [6.07, 6.45) is 3.82. The average molecular weight is 370 g/mol. The summed E-state index contributed by atoms with van der Waals surface area (Å²) < 4.78 is 7.76. The molecule has 1 amide bonds. The molecule has 6 heteroatoms. The van der Waals surface area contributed by atoms with Crippen LogP contribution in [0.15, 0.2) is 85.2 Å². The molecule has 0 fully saturated rings. The Kier molecular flexibility index (Phi) is 4.84. The summed E-state index contributed by atoms with van der Waals surface area (Å²) in [7, 11) is 0. The summed E-state index contributed by atoms with van der Waals surface area (Å²) in [6.45, 7) is 1.82. The van der Waals surface area contributed by atoms with E-state index in [1.165, 1.54) is 0 Å². The topological polar surface area (TPSA) is 69.0 Å². The molecule has 0 bridgehead atoms. The molecule has 138 valence electrons. The molecule has 2 aromatic heterocycles. The van der Waals surface area contributed by atoms with Gasteiger partial charge in [-0.2, -0.15) is 4.98 Å². The molecule has 0 unspecified atom stereocenters. The summed E-state index contributed by atoms with van der Waals surface area (Å²) in [5, 5.41) is 2.86. The van der Waals surface area contributed by atoms with E-state index in [2.05, 4.69) is 15.3 Å². The fraction of sp³-hybridized carbons (Fsp3) is 0.0455. The van der Waals surface area contributed by atoms with Gasteiger partial charge in [-0.1, -0.05) is 18.2 Å². The number of nitrogens with one attached hydrogen (secondary N) is 1. The van der Waals surface area contributed by atoms with Crippen molar-refractivity contribution in [2.24, 2.45) is 0 Å². The summed E-state index contributed by atoms with van der Waals surface area (Å²) in [6, 6.07) is 21.9. The maximum Gasteiger partial charge on any atom is 0.255 e. The van der Waals surface area contributed by atoms with Crippen molar-refractivity contribution in [3.8, 4) is 17.4 Å². The van der Waals surface area contributed by atoms with E-state index in [-0.39, 0.29) is 5.91 Å². The average Bonchev–Trinajstić information content (AvgIpc) is 3.25. The molecule has 6 nitrogen and oxygen atoms in total. The Bertz CT molecular complexity index is 1080. The van der Waals surface area contributed by atoms with Crippen molar-refractivity contribution in [3.05, 3.63) is 96.6 Å².